The van der Waals surface area contributed by atoms with Gasteiger partial charge >= 0.3 is 5.97 Å². The van der Waals surface area contributed by atoms with Crippen LogP contribution in [0.15, 0.2) is 48.5 Å². The number of benzene rings is 2. The summed E-state index contributed by atoms with van der Waals surface area (Å²) in [6.45, 7) is 1.51. The van der Waals surface area contributed by atoms with E-state index in [0.29, 0.717) is 11.1 Å². The molecule has 4 nitrogen and oxygen atoms in total. The van der Waals surface area contributed by atoms with E-state index in [1.165, 1.54) is 6.92 Å². The molecule has 106 valence electrons. The summed E-state index contributed by atoms with van der Waals surface area (Å²) in [5, 5.41) is 8.61. The van der Waals surface area contributed by atoms with Crippen LogP contribution >= 0.6 is 0 Å². The molecule has 0 saturated heterocycles. The normalized spacial score (nSPS) is 10.1. The fraction of sp³-hybridized carbons (Fsp3) is 0.118. The molecule has 2 rings (SSSR count). The highest BCUT2D eigenvalue weighted by molar-refractivity contribution is 6.05. The fourth-order valence-corrected chi connectivity index (χ4v) is 2.01. The smallest absolute Gasteiger partial charge is 0.311 e. The van der Waals surface area contributed by atoms with E-state index in [-0.39, 0.29) is 5.78 Å². The second-order valence-corrected chi connectivity index (χ2v) is 4.71. The summed E-state index contributed by atoms with van der Waals surface area (Å²) in [4.78, 5) is 33.5. The van der Waals surface area contributed by atoms with Gasteiger partial charge in [-0.15, -0.1) is 0 Å². The number of ketones is 2. The molecule has 0 spiro atoms. The molecule has 21 heavy (non-hydrogen) atoms. The molecule has 4 heteroatoms. The lowest BCUT2D eigenvalue weighted by Gasteiger charge is -2.05. The second-order valence-electron chi connectivity index (χ2n) is 4.71. The van der Waals surface area contributed by atoms with Crippen molar-refractivity contribution in [2.45, 2.75) is 13.3 Å². The number of carboxylic acid groups (broad SMARTS) is 1. The molecular weight excluding hydrogens is 268 g/mol. The Labute approximate surface area is 122 Å². The van der Waals surface area contributed by atoms with E-state index in [1.807, 2.05) is 6.07 Å². The Morgan fingerprint density at radius 2 is 1.57 bits per heavy atom. The Bertz CT molecular complexity index is 699. The number of hydrogen-bond acceptors (Lipinski definition) is 3. The van der Waals surface area contributed by atoms with Crippen molar-refractivity contribution < 1.29 is 19.5 Å². The van der Waals surface area contributed by atoms with Crippen molar-refractivity contribution in [3.05, 3.63) is 59.7 Å². The van der Waals surface area contributed by atoms with Crippen LogP contribution < -0.4 is 0 Å². The molecule has 1 N–H and O–H groups in total. The van der Waals surface area contributed by atoms with Crippen LogP contribution in [0.2, 0.25) is 0 Å². The maximum atomic E-state index is 11.6. The van der Waals surface area contributed by atoms with Gasteiger partial charge in [-0.05, 0) is 24.1 Å². The molecule has 0 heterocycles. The monoisotopic (exact) mass is 282 g/mol. The second kappa shape index (κ2) is 6.13. The number of carboxylic acids is 1. The van der Waals surface area contributed by atoms with Gasteiger partial charge in [-0.25, -0.2) is 0 Å². The highest BCUT2D eigenvalue weighted by atomic mass is 16.4. The van der Waals surface area contributed by atoms with Crippen LogP contribution in [0, 0.1) is 0 Å². The van der Waals surface area contributed by atoms with E-state index < -0.39 is 18.2 Å². The van der Waals surface area contributed by atoms with Gasteiger partial charge in [0, 0.05) is 11.1 Å². The molecule has 0 amide bonds. The lowest BCUT2D eigenvalue weighted by Crippen LogP contribution is -2.06. The SMILES string of the molecule is CC(=O)c1cccc(-c2ccc(C(=O)CC(=O)O)cc2)c1. The molecular formula is C17H14O4. The number of Topliss-reactive ketones (excluding diaryl/α,β-unsaturated/α-hetero) is 2. The molecule has 0 aromatic heterocycles. The molecule has 0 aliphatic carbocycles. The van der Waals surface area contributed by atoms with Gasteiger partial charge in [-0.2, -0.15) is 0 Å². The van der Waals surface area contributed by atoms with Crippen LogP contribution in [-0.4, -0.2) is 22.6 Å². The highest BCUT2D eigenvalue weighted by Crippen LogP contribution is 2.21. The predicted molar refractivity (Wildman–Crippen MR) is 78.5 cm³/mol. The van der Waals surface area contributed by atoms with Gasteiger partial charge in [-0.1, -0.05) is 42.5 Å². The van der Waals surface area contributed by atoms with E-state index in [1.54, 1.807) is 42.5 Å². The molecule has 0 saturated carbocycles. The van der Waals surface area contributed by atoms with E-state index in [9.17, 15) is 14.4 Å². The first-order valence-corrected chi connectivity index (χ1v) is 6.44. The fourth-order valence-electron chi connectivity index (χ4n) is 2.01. The Balaban J connectivity index is 2.26. The zero-order valence-corrected chi connectivity index (χ0v) is 11.5. The molecule has 2 aromatic rings. The first-order chi connectivity index (χ1) is 9.97. The molecule has 0 atom stereocenters. The van der Waals surface area contributed by atoms with Crippen LogP contribution in [-0.2, 0) is 4.79 Å². The van der Waals surface area contributed by atoms with E-state index in [0.717, 1.165) is 11.1 Å². The van der Waals surface area contributed by atoms with E-state index in [2.05, 4.69) is 0 Å². The van der Waals surface area contributed by atoms with Crippen molar-refractivity contribution >= 4 is 17.5 Å². The molecule has 2 aromatic carbocycles. The van der Waals surface area contributed by atoms with Crippen LogP contribution in [0.5, 0.6) is 0 Å². The van der Waals surface area contributed by atoms with Gasteiger partial charge < -0.3 is 5.11 Å². The topological polar surface area (TPSA) is 71.4 Å². The van der Waals surface area contributed by atoms with Crippen molar-refractivity contribution in [2.75, 3.05) is 0 Å². The summed E-state index contributed by atoms with van der Waals surface area (Å²) < 4.78 is 0. The molecule has 0 aliphatic rings. The lowest BCUT2D eigenvalue weighted by atomic mass is 9.99. The standard InChI is InChI=1S/C17H14O4/c1-11(18)14-3-2-4-15(9-14)12-5-7-13(8-6-12)16(19)10-17(20)21/h2-9H,10H2,1H3,(H,20,21). The molecule has 0 bridgehead atoms. The van der Waals surface area contributed by atoms with E-state index >= 15 is 0 Å². The number of carbonyl (C=O) groups excluding carboxylic acids is 2. The van der Waals surface area contributed by atoms with Crippen LogP contribution in [0.25, 0.3) is 11.1 Å². The summed E-state index contributed by atoms with van der Waals surface area (Å²) in [6.07, 6.45) is -0.515. The Morgan fingerprint density at radius 1 is 0.905 bits per heavy atom. The Kier molecular flexibility index (Phi) is 4.28. The van der Waals surface area contributed by atoms with Crippen LogP contribution in [0.1, 0.15) is 34.1 Å². The molecule has 0 unspecified atom stereocenters. The van der Waals surface area contributed by atoms with Crippen LogP contribution in [0.3, 0.4) is 0 Å². The zero-order chi connectivity index (χ0) is 15.4. The number of hydrogen-bond donors (Lipinski definition) is 1. The summed E-state index contributed by atoms with van der Waals surface area (Å²) in [7, 11) is 0. The van der Waals surface area contributed by atoms with Gasteiger partial charge in [0.05, 0.1) is 0 Å². The van der Waals surface area contributed by atoms with Gasteiger partial charge in [0.2, 0.25) is 0 Å². The molecule has 0 aliphatic heterocycles. The number of rotatable bonds is 5. The third-order valence-electron chi connectivity index (χ3n) is 3.12. The largest absolute Gasteiger partial charge is 0.481 e. The highest BCUT2D eigenvalue weighted by Gasteiger charge is 2.10. The van der Waals surface area contributed by atoms with Crippen LogP contribution in [0.4, 0.5) is 0 Å². The van der Waals surface area contributed by atoms with Crippen molar-refractivity contribution in [1.29, 1.82) is 0 Å². The first kappa shape index (κ1) is 14.7. The van der Waals surface area contributed by atoms with E-state index in [4.69, 9.17) is 5.11 Å². The summed E-state index contributed by atoms with van der Waals surface area (Å²) in [6, 6.07) is 13.9. The quantitative estimate of drug-likeness (QED) is 0.675. The van der Waals surface area contributed by atoms with Gasteiger partial charge in [-0.3, -0.25) is 14.4 Å². The van der Waals surface area contributed by atoms with Gasteiger partial charge in [0.1, 0.15) is 6.42 Å². The minimum atomic E-state index is -1.14. The Hall–Kier alpha value is -2.75. The predicted octanol–water partition coefficient (Wildman–Crippen LogP) is 3.21. The van der Waals surface area contributed by atoms with Crippen molar-refractivity contribution in [1.82, 2.24) is 0 Å². The first-order valence-electron chi connectivity index (χ1n) is 6.44. The molecule has 0 radical (unpaired) electrons. The summed E-state index contributed by atoms with van der Waals surface area (Å²) in [5.41, 5.74) is 2.73. The van der Waals surface area contributed by atoms with Crippen molar-refractivity contribution in [2.24, 2.45) is 0 Å². The molecule has 0 fully saturated rings. The Morgan fingerprint density at radius 3 is 2.14 bits per heavy atom. The lowest BCUT2D eigenvalue weighted by molar-refractivity contribution is -0.135. The summed E-state index contributed by atoms with van der Waals surface area (Å²) >= 11 is 0. The minimum absolute atomic E-state index is 0.00916. The summed E-state index contributed by atoms with van der Waals surface area (Å²) in [5.74, 6) is -1.57. The minimum Gasteiger partial charge on any atom is -0.481 e. The van der Waals surface area contributed by atoms with Crippen molar-refractivity contribution in [3.8, 4) is 11.1 Å². The third kappa shape index (κ3) is 3.63. The van der Waals surface area contributed by atoms with Gasteiger partial charge in [0.15, 0.2) is 11.6 Å². The number of carbonyl (C=O) groups is 3. The average Bonchev–Trinajstić information content (AvgIpc) is 2.47. The van der Waals surface area contributed by atoms with Crippen molar-refractivity contribution in [3.63, 3.8) is 0 Å². The zero-order valence-electron chi connectivity index (χ0n) is 11.5. The van der Waals surface area contributed by atoms with Gasteiger partial charge in [0.25, 0.3) is 0 Å². The maximum absolute atomic E-state index is 11.6. The average molecular weight is 282 g/mol. The number of aliphatic carboxylic acids is 1. The third-order valence-corrected chi connectivity index (χ3v) is 3.12. The maximum Gasteiger partial charge on any atom is 0.311 e.